The molecule has 74 valence electrons. The van der Waals surface area contributed by atoms with E-state index in [-0.39, 0.29) is 17.5 Å². The number of nitrogens with one attached hydrogen (secondary N) is 2. The molecular formula is C8H11N5O. The minimum Gasteiger partial charge on any atom is -0.370 e. The Morgan fingerprint density at radius 2 is 2.21 bits per heavy atom. The highest BCUT2D eigenvalue weighted by Gasteiger charge is 2.19. The number of nitrogen functional groups attached to an aromatic ring is 1. The SMILES string of the molecule is CC1=Nc2nc(N)[nH]c(=O)c2NC1C. The molecule has 0 radical (unpaired) electrons. The van der Waals surface area contributed by atoms with Crippen LogP contribution in [0, 0.1) is 0 Å². The van der Waals surface area contributed by atoms with E-state index in [1.165, 1.54) is 0 Å². The first-order valence-electron chi connectivity index (χ1n) is 4.29. The van der Waals surface area contributed by atoms with Gasteiger partial charge in [0.05, 0.1) is 6.04 Å². The topological polar surface area (TPSA) is 96.2 Å². The van der Waals surface area contributed by atoms with Crippen LogP contribution in [0.2, 0.25) is 0 Å². The van der Waals surface area contributed by atoms with Crippen molar-refractivity contribution in [3.63, 3.8) is 0 Å². The number of hydrogen-bond donors (Lipinski definition) is 3. The summed E-state index contributed by atoms with van der Waals surface area (Å²) in [7, 11) is 0. The zero-order valence-corrected chi connectivity index (χ0v) is 7.96. The fourth-order valence-electron chi connectivity index (χ4n) is 1.27. The highest BCUT2D eigenvalue weighted by atomic mass is 16.1. The number of fused-ring (bicyclic) bond motifs is 1. The third kappa shape index (κ3) is 1.24. The summed E-state index contributed by atoms with van der Waals surface area (Å²) in [4.78, 5) is 22.0. The van der Waals surface area contributed by atoms with E-state index < -0.39 is 0 Å². The van der Waals surface area contributed by atoms with E-state index in [1.807, 2.05) is 13.8 Å². The van der Waals surface area contributed by atoms with Crippen molar-refractivity contribution >= 4 is 23.2 Å². The Morgan fingerprint density at radius 3 is 2.93 bits per heavy atom. The molecule has 1 atom stereocenters. The van der Waals surface area contributed by atoms with E-state index >= 15 is 0 Å². The average Bonchev–Trinajstić information content (AvgIpc) is 2.08. The minimum absolute atomic E-state index is 0.0500. The van der Waals surface area contributed by atoms with Crippen molar-refractivity contribution in [2.75, 3.05) is 11.1 Å². The number of aromatic nitrogens is 2. The van der Waals surface area contributed by atoms with Gasteiger partial charge in [0.15, 0.2) is 5.82 Å². The summed E-state index contributed by atoms with van der Waals surface area (Å²) < 4.78 is 0. The summed E-state index contributed by atoms with van der Waals surface area (Å²) >= 11 is 0. The van der Waals surface area contributed by atoms with Crippen LogP contribution in [0.15, 0.2) is 9.79 Å². The maximum atomic E-state index is 11.4. The van der Waals surface area contributed by atoms with E-state index in [1.54, 1.807) is 0 Å². The second-order valence-electron chi connectivity index (χ2n) is 3.27. The first-order valence-corrected chi connectivity index (χ1v) is 4.29. The summed E-state index contributed by atoms with van der Waals surface area (Å²) in [6.07, 6.45) is 0. The monoisotopic (exact) mass is 193 g/mol. The minimum atomic E-state index is -0.282. The molecule has 0 aromatic carbocycles. The van der Waals surface area contributed by atoms with Crippen LogP contribution in [-0.4, -0.2) is 21.7 Å². The Labute approximate surface area is 80.3 Å². The molecule has 0 bridgehead atoms. The number of nitrogens with zero attached hydrogens (tertiary/aromatic N) is 2. The summed E-state index contributed by atoms with van der Waals surface area (Å²) in [5.41, 5.74) is 6.39. The van der Waals surface area contributed by atoms with Crippen LogP contribution in [0.4, 0.5) is 17.5 Å². The summed E-state index contributed by atoms with van der Waals surface area (Å²) in [5.74, 6) is 0.448. The van der Waals surface area contributed by atoms with Gasteiger partial charge in [-0.2, -0.15) is 4.98 Å². The van der Waals surface area contributed by atoms with Gasteiger partial charge in [0.2, 0.25) is 5.95 Å². The van der Waals surface area contributed by atoms with Gasteiger partial charge < -0.3 is 11.1 Å². The smallest absolute Gasteiger partial charge is 0.277 e. The lowest BCUT2D eigenvalue weighted by molar-refractivity contribution is 0.982. The van der Waals surface area contributed by atoms with E-state index in [9.17, 15) is 4.79 Å². The predicted octanol–water partition coefficient (Wildman–Crippen LogP) is 0.259. The fourth-order valence-corrected chi connectivity index (χ4v) is 1.27. The van der Waals surface area contributed by atoms with Crippen molar-refractivity contribution < 1.29 is 0 Å². The van der Waals surface area contributed by atoms with Crippen LogP contribution in [0.25, 0.3) is 0 Å². The predicted molar refractivity (Wildman–Crippen MR) is 55.1 cm³/mol. The molecule has 2 heterocycles. The Hall–Kier alpha value is -1.85. The molecule has 14 heavy (non-hydrogen) atoms. The lowest BCUT2D eigenvalue weighted by Crippen LogP contribution is -2.31. The van der Waals surface area contributed by atoms with Crippen molar-refractivity contribution in [2.45, 2.75) is 19.9 Å². The molecule has 4 N–H and O–H groups in total. The third-order valence-corrected chi connectivity index (χ3v) is 2.19. The van der Waals surface area contributed by atoms with Crippen LogP contribution in [0.1, 0.15) is 13.8 Å². The Balaban J connectivity index is 2.65. The second kappa shape index (κ2) is 2.83. The lowest BCUT2D eigenvalue weighted by Gasteiger charge is -2.20. The molecule has 0 amide bonds. The molecule has 0 spiro atoms. The molecule has 6 heteroatoms. The maximum Gasteiger partial charge on any atom is 0.277 e. The van der Waals surface area contributed by atoms with Crippen molar-refractivity contribution in [1.82, 2.24) is 9.97 Å². The van der Waals surface area contributed by atoms with E-state index in [0.717, 1.165) is 5.71 Å². The highest BCUT2D eigenvalue weighted by molar-refractivity contribution is 5.95. The van der Waals surface area contributed by atoms with Gasteiger partial charge in [0, 0.05) is 5.71 Å². The number of anilines is 2. The Morgan fingerprint density at radius 1 is 1.50 bits per heavy atom. The molecule has 1 unspecified atom stereocenters. The van der Waals surface area contributed by atoms with E-state index in [2.05, 4.69) is 20.3 Å². The van der Waals surface area contributed by atoms with Crippen molar-refractivity contribution in [2.24, 2.45) is 4.99 Å². The number of aromatic amines is 1. The van der Waals surface area contributed by atoms with Crippen LogP contribution in [-0.2, 0) is 0 Å². The summed E-state index contributed by atoms with van der Waals surface area (Å²) in [5, 5.41) is 3.01. The third-order valence-electron chi connectivity index (χ3n) is 2.19. The van der Waals surface area contributed by atoms with Gasteiger partial charge in [-0.3, -0.25) is 9.78 Å². The lowest BCUT2D eigenvalue weighted by atomic mass is 10.2. The Kier molecular flexibility index (Phi) is 1.77. The quantitative estimate of drug-likeness (QED) is 0.550. The fraction of sp³-hybridized carbons (Fsp3) is 0.375. The van der Waals surface area contributed by atoms with Gasteiger partial charge in [-0.25, -0.2) is 4.99 Å². The van der Waals surface area contributed by atoms with Gasteiger partial charge in [-0.1, -0.05) is 0 Å². The van der Waals surface area contributed by atoms with Crippen molar-refractivity contribution in [3.8, 4) is 0 Å². The molecule has 0 saturated carbocycles. The first-order chi connectivity index (χ1) is 6.58. The number of H-pyrrole nitrogens is 1. The van der Waals surface area contributed by atoms with Crippen LogP contribution < -0.4 is 16.6 Å². The first kappa shape index (κ1) is 8.74. The largest absolute Gasteiger partial charge is 0.370 e. The van der Waals surface area contributed by atoms with E-state index in [4.69, 9.17) is 5.73 Å². The molecule has 0 saturated heterocycles. The van der Waals surface area contributed by atoms with Gasteiger partial charge in [0.25, 0.3) is 5.56 Å². The molecule has 0 aliphatic carbocycles. The summed E-state index contributed by atoms with van der Waals surface area (Å²) in [6, 6.07) is 0.0500. The van der Waals surface area contributed by atoms with Crippen molar-refractivity contribution in [3.05, 3.63) is 10.4 Å². The standard InChI is InChI=1S/C8H11N5O/c1-3-4(2)11-6-5(10-3)7(14)13-8(9)12-6/h3,10H,1-2H3,(H3,9,12,13,14). The number of nitrogens with two attached hydrogens (primary N) is 1. The molecule has 0 fully saturated rings. The van der Waals surface area contributed by atoms with Gasteiger partial charge in [-0.05, 0) is 13.8 Å². The molecule has 1 aromatic rings. The number of aliphatic imine (C=N–C) groups is 1. The van der Waals surface area contributed by atoms with Gasteiger partial charge in [-0.15, -0.1) is 0 Å². The molecular weight excluding hydrogens is 182 g/mol. The second-order valence-corrected chi connectivity index (χ2v) is 3.27. The molecule has 2 rings (SSSR count). The Bertz CT molecular complexity index is 461. The van der Waals surface area contributed by atoms with Crippen LogP contribution in [0.3, 0.4) is 0 Å². The zero-order valence-electron chi connectivity index (χ0n) is 7.96. The molecule has 1 aliphatic rings. The normalized spacial score (nSPS) is 19.6. The summed E-state index contributed by atoms with van der Waals surface area (Å²) in [6.45, 7) is 3.80. The van der Waals surface area contributed by atoms with Gasteiger partial charge >= 0.3 is 0 Å². The van der Waals surface area contributed by atoms with Crippen LogP contribution >= 0.6 is 0 Å². The molecule has 1 aliphatic heterocycles. The average molecular weight is 193 g/mol. The zero-order chi connectivity index (χ0) is 10.3. The number of rotatable bonds is 0. The van der Waals surface area contributed by atoms with Gasteiger partial charge in [0.1, 0.15) is 5.69 Å². The molecule has 6 nitrogen and oxygen atoms in total. The highest BCUT2D eigenvalue weighted by Crippen LogP contribution is 2.23. The van der Waals surface area contributed by atoms with E-state index in [0.29, 0.717) is 11.5 Å². The van der Waals surface area contributed by atoms with Crippen molar-refractivity contribution in [1.29, 1.82) is 0 Å². The number of hydrogen-bond acceptors (Lipinski definition) is 5. The molecule has 1 aromatic heterocycles. The maximum absolute atomic E-state index is 11.4. The van der Waals surface area contributed by atoms with Crippen LogP contribution in [0.5, 0.6) is 0 Å².